The van der Waals surface area contributed by atoms with Crippen LogP contribution in [0, 0.1) is 11.3 Å². The average molecular weight is 237 g/mol. The number of carboxylic acids is 1. The number of carboxylic acid groups (broad SMARTS) is 1. The summed E-state index contributed by atoms with van der Waals surface area (Å²) in [6.45, 7) is 2.13. The summed E-state index contributed by atoms with van der Waals surface area (Å²) in [5.74, 6) is -0.203. The van der Waals surface area contributed by atoms with Crippen LogP contribution in [0.4, 0.5) is 0 Å². The molecule has 5 nitrogen and oxygen atoms in total. The minimum atomic E-state index is -0.685. The molecule has 17 heavy (non-hydrogen) atoms. The quantitative estimate of drug-likeness (QED) is 0.867. The van der Waals surface area contributed by atoms with Crippen molar-refractivity contribution in [1.82, 2.24) is 15.0 Å². The Morgan fingerprint density at radius 1 is 1.71 bits per heavy atom. The number of hydrogen-bond acceptors (Lipinski definition) is 3. The van der Waals surface area contributed by atoms with E-state index in [-0.39, 0.29) is 0 Å². The number of carbonyl (C=O) groups is 1. The second kappa shape index (κ2) is 4.47. The maximum atomic E-state index is 11.6. The summed E-state index contributed by atoms with van der Waals surface area (Å²) in [7, 11) is 1.80. The lowest BCUT2D eigenvalue weighted by molar-refractivity contribution is -0.152. The summed E-state index contributed by atoms with van der Waals surface area (Å²) in [6.07, 6.45) is 5.94. The van der Waals surface area contributed by atoms with Gasteiger partial charge in [0.2, 0.25) is 0 Å². The Hall–Kier alpha value is -1.39. The largest absolute Gasteiger partial charge is 0.481 e. The summed E-state index contributed by atoms with van der Waals surface area (Å²) < 4.78 is 1.62. The molecule has 0 saturated heterocycles. The van der Waals surface area contributed by atoms with Crippen molar-refractivity contribution in [2.75, 3.05) is 0 Å². The minimum Gasteiger partial charge on any atom is -0.481 e. The first-order valence-electron chi connectivity index (χ1n) is 6.10. The highest BCUT2D eigenvalue weighted by atomic mass is 16.4. The van der Waals surface area contributed by atoms with Gasteiger partial charge in [-0.2, -0.15) is 0 Å². The lowest BCUT2D eigenvalue weighted by atomic mass is 9.68. The van der Waals surface area contributed by atoms with E-state index in [0.717, 1.165) is 31.4 Å². The Kier molecular flexibility index (Phi) is 3.17. The van der Waals surface area contributed by atoms with Gasteiger partial charge in [-0.1, -0.05) is 25.0 Å². The third-order valence-electron chi connectivity index (χ3n) is 3.71. The average Bonchev–Trinajstić information content (AvgIpc) is 2.63. The van der Waals surface area contributed by atoms with Crippen molar-refractivity contribution in [3.8, 4) is 0 Å². The lowest BCUT2D eigenvalue weighted by Crippen LogP contribution is -2.38. The summed E-state index contributed by atoms with van der Waals surface area (Å²) in [5.41, 5.74) is 0.150. The number of nitrogens with zero attached hydrogens (tertiary/aromatic N) is 3. The van der Waals surface area contributed by atoms with Gasteiger partial charge >= 0.3 is 5.97 Å². The standard InChI is InChI=1S/C12H19N3O2/c1-9-4-3-5-12(6-9,11(16)17)7-10-8-15(2)14-13-10/h8-9H,3-7H2,1-2H3,(H,16,17). The predicted molar refractivity (Wildman–Crippen MR) is 62.4 cm³/mol. The van der Waals surface area contributed by atoms with Crippen LogP contribution in [0.1, 0.15) is 38.3 Å². The topological polar surface area (TPSA) is 68.0 Å². The van der Waals surface area contributed by atoms with Gasteiger partial charge in [0.05, 0.1) is 11.1 Å². The smallest absolute Gasteiger partial charge is 0.310 e. The molecule has 2 unspecified atom stereocenters. The molecule has 0 aliphatic heterocycles. The maximum absolute atomic E-state index is 11.6. The lowest BCUT2D eigenvalue weighted by Gasteiger charge is -2.35. The van der Waals surface area contributed by atoms with Gasteiger partial charge in [-0.25, -0.2) is 0 Å². The molecule has 5 heteroatoms. The van der Waals surface area contributed by atoms with Gasteiger partial charge in [0.15, 0.2) is 0 Å². The zero-order chi connectivity index (χ0) is 12.5. The number of rotatable bonds is 3. The number of aromatic nitrogens is 3. The van der Waals surface area contributed by atoms with E-state index in [2.05, 4.69) is 17.2 Å². The van der Waals surface area contributed by atoms with E-state index in [1.165, 1.54) is 0 Å². The van der Waals surface area contributed by atoms with Crippen molar-refractivity contribution >= 4 is 5.97 Å². The molecule has 2 atom stereocenters. The van der Waals surface area contributed by atoms with Gasteiger partial charge in [0, 0.05) is 19.7 Å². The summed E-state index contributed by atoms with van der Waals surface area (Å²) in [4.78, 5) is 11.6. The van der Waals surface area contributed by atoms with E-state index in [0.29, 0.717) is 12.3 Å². The highest BCUT2D eigenvalue weighted by molar-refractivity contribution is 5.75. The van der Waals surface area contributed by atoms with Gasteiger partial charge < -0.3 is 5.11 Å². The van der Waals surface area contributed by atoms with Crippen LogP contribution in [-0.4, -0.2) is 26.1 Å². The van der Waals surface area contributed by atoms with Crippen LogP contribution in [0.15, 0.2) is 6.20 Å². The number of hydrogen-bond donors (Lipinski definition) is 1. The van der Waals surface area contributed by atoms with Crippen molar-refractivity contribution in [3.63, 3.8) is 0 Å². The van der Waals surface area contributed by atoms with Gasteiger partial charge in [-0.15, -0.1) is 5.10 Å². The van der Waals surface area contributed by atoms with Crippen LogP contribution < -0.4 is 0 Å². The molecular weight excluding hydrogens is 218 g/mol. The van der Waals surface area contributed by atoms with Gasteiger partial charge in [0.25, 0.3) is 0 Å². The molecular formula is C12H19N3O2. The monoisotopic (exact) mass is 237 g/mol. The predicted octanol–water partition coefficient (Wildman–Crippen LogP) is 1.64. The molecule has 0 amide bonds. The highest BCUT2D eigenvalue weighted by Gasteiger charge is 2.42. The van der Waals surface area contributed by atoms with E-state index in [4.69, 9.17) is 0 Å². The molecule has 0 radical (unpaired) electrons. The molecule has 1 saturated carbocycles. The zero-order valence-corrected chi connectivity index (χ0v) is 10.4. The van der Waals surface area contributed by atoms with Crippen LogP contribution in [0.25, 0.3) is 0 Å². The van der Waals surface area contributed by atoms with Crippen molar-refractivity contribution in [3.05, 3.63) is 11.9 Å². The molecule has 1 aromatic rings. The first kappa shape index (κ1) is 12.1. The molecule has 1 fully saturated rings. The Morgan fingerprint density at radius 3 is 3.00 bits per heavy atom. The zero-order valence-electron chi connectivity index (χ0n) is 10.4. The fourth-order valence-corrected chi connectivity index (χ4v) is 2.91. The van der Waals surface area contributed by atoms with Gasteiger partial charge in [-0.05, 0) is 18.8 Å². The first-order valence-corrected chi connectivity index (χ1v) is 6.10. The van der Waals surface area contributed by atoms with E-state index in [1.54, 1.807) is 11.7 Å². The van der Waals surface area contributed by atoms with Crippen LogP contribution >= 0.6 is 0 Å². The highest BCUT2D eigenvalue weighted by Crippen LogP contribution is 2.41. The van der Waals surface area contributed by atoms with Crippen LogP contribution in [0.5, 0.6) is 0 Å². The molecule has 1 aliphatic rings. The fourth-order valence-electron chi connectivity index (χ4n) is 2.91. The van der Waals surface area contributed by atoms with E-state index in [9.17, 15) is 9.90 Å². The summed E-state index contributed by atoms with van der Waals surface area (Å²) >= 11 is 0. The van der Waals surface area contributed by atoms with Crippen molar-refractivity contribution in [2.45, 2.75) is 39.0 Å². The summed E-state index contributed by atoms with van der Waals surface area (Å²) in [6, 6.07) is 0. The van der Waals surface area contributed by atoms with E-state index in [1.807, 2.05) is 6.20 Å². The molecule has 1 heterocycles. The summed E-state index contributed by atoms with van der Waals surface area (Å²) in [5, 5.41) is 17.4. The Bertz CT molecular complexity index is 416. The Morgan fingerprint density at radius 2 is 2.47 bits per heavy atom. The molecule has 94 valence electrons. The van der Waals surface area contributed by atoms with E-state index >= 15 is 0 Å². The third kappa shape index (κ3) is 2.48. The Labute approximate surface area is 101 Å². The maximum Gasteiger partial charge on any atom is 0.310 e. The number of aliphatic carboxylic acids is 1. The second-order valence-electron chi connectivity index (χ2n) is 5.35. The minimum absolute atomic E-state index is 0.483. The molecule has 0 spiro atoms. The van der Waals surface area contributed by atoms with Crippen molar-refractivity contribution in [1.29, 1.82) is 0 Å². The van der Waals surface area contributed by atoms with Crippen LogP contribution in [0.2, 0.25) is 0 Å². The molecule has 1 aromatic heterocycles. The molecule has 0 bridgehead atoms. The molecule has 1 aliphatic carbocycles. The number of aryl methyl sites for hydroxylation is 1. The normalized spacial score (nSPS) is 29.2. The second-order valence-corrected chi connectivity index (χ2v) is 5.35. The molecule has 0 aromatic carbocycles. The van der Waals surface area contributed by atoms with E-state index < -0.39 is 11.4 Å². The van der Waals surface area contributed by atoms with Gasteiger partial charge in [-0.3, -0.25) is 9.48 Å². The van der Waals surface area contributed by atoms with Crippen molar-refractivity contribution in [2.24, 2.45) is 18.4 Å². The van der Waals surface area contributed by atoms with Crippen molar-refractivity contribution < 1.29 is 9.90 Å². The van der Waals surface area contributed by atoms with Crippen LogP contribution in [0.3, 0.4) is 0 Å². The van der Waals surface area contributed by atoms with Crippen LogP contribution in [-0.2, 0) is 18.3 Å². The SMILES string of the molecule is CC1CCCC(Cc2cn(C)nn2)(C(=O)O)C1. The first-order chi connectivity index (χ1) is 8.02. The molecule has 1 N–H and O–H groups in total. The third-order valence-corrected chi connectivity index (χ3v) is 3.71. The molecule has 2 rings (SSSR count). The Balaban J connectivity index is 2.19. The van der Waals surface area contributed by atoms with Gasteiger partial charge in [0.1, 0.15) is 0 Å². The fraction of sp³-hybridized carbons (Fsp3) is 0.750.